The summed E-state index contributed by atoms with van der Waals surface area (Å²) in [6, 6.07) is 8.36. The zero-order valence-electron chi connectivity index (χ0n) is 18.6. The summed E-state index contributed by atoms with van der Waals surface area (Å²) in [7, 11) is 1.88. The van der Waals surface area contributed by atoms with Crippen molar-refractivity contribution in [2.45, 2.75) is 36.9 Å². The van der Waals surface area contributed by atoms with E-state index in [0.29, 0.717) is 35.2 Å². The number of piperidine rings is 1. The monoisotopic (exact) mass is 479 g/mol. The second-order valence-electron chi connectivity index (χ2n) is 8.88. The Hall–Kier alpha value is -2.97. The average Bonchev–Trinajstić information content (AvgIpc) is 2.83. The molecule has 0 unspecified atom stereocenters. The second-order valence-corrected chi connectivity index (χ2v) is 8.88. The predicted octanol–water partition coefficient (Wildman–Crippen LogP) is 2.79. The first kappa shape index (κ1) is 24.2. The van der Waals surface area contributed by atoms with Gasteiger partial charge in [-0.25, -0.2) is 4.39 Å². The molecule has 0 spiro atoms. The van der Waals surface area contributed by atoms with Gasteiger partial charge in [0.1, 0.15) is 11.7 Å². The van der Waals surface area contributed by atoms with Crippen molar-refractivity contribution in [2.75, 3.05) is 44.7 Å². The fourth-order valence-corrected chi connectivity index (χ4v) is 4.36. The lowest BCUT2D eigenvalue weighted by Crippen LogP contribution is -2.58. The van der Waals surface area contributed by atoms with Crippen LogP contribution < -0.4 is 10.2 Å². The molecule has 182 valence electrons. The lowest BCUT2D eigenvalue weighted by atomic mass is 9.93. The molecule has 1 aromatic heterocycles. The first-order valence-corrected chi connectivity index (χ1v) is 11.0. The minimum absolute atomic E-state index is 0.156. The van der Waals surface area contributed by atoms with Crippen LogP contribution in [-0.4, -0.2) is 79.6 Å². The van der Waals surface area contributed by atoms with E-state index in [1.54, 1.807) is 18.2 Å². The molecule has 0 aliphatic carbocycles. The van der Waals surface area contributed by atoms with Gasteiger partial charge in [-0.3, -0.25) is 9.78 Å². The van der Waals surface area contributed by atoms with Gasteiger partial charge < -0.3 is 19.9 Å². The van der Waals surface area contributed by atoms with Crippen LogP contribution in [-0.2, 0) is 9.53 Å². The highest BCUT2D eigenvalue weighted by Crippen LogP contribution is 2.34. The van der Waals surface area contributed by atoms with E-state index in [1.807, 2.05) is 18.0 Å². The molecule has 2 saturated heterocycles. The SMILES string of the molecule is CN1CCC(F)(CNC(=O)[C@@H]2CN(c3ccc(C#N)c4ncccc34)C[C@@H](C(F)(F)F)O2)CC1. The van der Waals surface area contributed by atoms with Gasteiger partial charge in [-0.15, -0.1) is 0 Å². The lowest BCUT2D eigenvalue weighted by molar-refractivity contribution is -0.234. The molecule has 3 heterocycles. The van der Waals surface area contributed by atoms with E-state index < -0.39 is 36.5 Å². The minimum Gasteiger partial charge on any atom is -0.365 e. The number of amides is 1. The first-order valence-electron chi connectivity index (χ1n) is 11.0. The number of morpholine rings is 1. The predicted molar refractivity (Wildman–Crippen MR) is 117 cm³/mol. The molecule has 2 atom stereocenters. The highest BCUT2D eigenvalue weighted by Gasteiger charge is 2.48. The Bertz CT molecular complexity index is 1090. The molecule has 0 bridgehead atoms. The van der Waals surface area contributed by atoms with Crippen LogP contribution in [0.2, 0.25) is 0 Å². The summed E-state index contributed by atoms with van der Waals surface area (Å²) in [4.78, 5) is 20.4. The van der Waals surface area contributed by atoms with E-state index >= 15 is 4.39 Å². The van der Waals surface area contributed by atoms with E-state index in [0.717, 1.165) is 0 Å². The van der Waals surface area contributed by atoms with Gasteiger partial charge in [0.25, 0.3) is 5.91 Å². The normalized spacial score (nSPS) is 23.5. The lowest BCUT2D eigenvalue weighted by Gasteiger charge is -2.40. The van der Waals surface area contributed by atoms with Crippen molar-refractivity contribution in [1.29, 1.82) is 5.26 Å². The molecule has 2 aromatic rings. The van der Waals surface area contributed by atoms with Crippen LogP contribution in [0.4, 0.5) is 23.2 Å². The highest BCUT2D eigenvalue weighted by atomic mass is 19.4. The Morgan fingerprint density at radius 1 is 1.29 bits per heavy atom. The quantitative estimate of drug-likeness (QED) is 0.680. The number of ether oxygens (including phenoxy) is 1. The number of nitriles is 1. The maximum atomic E-state index is 15.0. The molecule has 4 rings (SSSR count). The molecule has 0 saturated carbocycles. The van der Waals surface area contributed by atoms with Crippen molar-refractivity contribution in [2.24, 2.45) is 0 Å². The van der Waals surface area contributed by atoms with Gasteiger partial charge in [0, 0.05) is 30.4 Å². The standard InChI is InChI=1S/C23H25F4N5O2/c1-31-9-6-22(24,7-10-31)14-30-21(33)18-12-32(13-19(34-18)23(25,26)27)17-5-4-15(11-28)20-16(17)3-2-8-29-20/h2-5,8,18-19H,6-7,9-10,12-14H2,1H3,(H,30,33)/t18-,19-/m0/s1. The molecule has 7 nitrogen and oxygen atoms in total. The molecule has 2 aliphatic rings. The van der Waals surface area contributed by atoms with E-state index in [1.165, 1.54) is 17.2 Å². The summed E-state index contributed by atoms with van der Waals surface area (Å²) >= 11 is 0. The van der Waals surface area contributed by atoms with Gasteiger partial charge in [-0.2, -0.15) is 18.4 Å². The maximum Gasteiger partial charge on any atom is 0.416 e. The summed E-state index contributed by atoms with van der Waals surface area (Å²) < 4.78 is 61.2. The Morgan fingerprint density at radius 3 is 2.71 bits per heavy atom. The van der Waals surface area contributed by atoms with Crippen molar-refractivity contribution < 1.29 is 27.1 Å². The Labute approximate surface area is 194 Å². The summed E-state index contributed by atoms with van der Waals surface area (Å²) in [6.45, 7) is 0.116. The third-order valence-corrected chi connectivity index (χ3v) is 6.43. The third kappa shape index (κ3) is 5.08. The molecule has 11 heteroatoms. The number of rotatable bonds is 4. The van der Waals surface area contributed by atoms with Crippen LogP contribution in [0.15, 0.2) is 30.5 Å². The van der Waals surface area contributed by atoms with Gasteiger partial charge >= 0.3 is 6.18 Å². The number of halogens is 4. The summed E-state index contributed by atoms with van der Waals surface area (Å²) in [5.41, 5.74) is -0.537. The van der Waals surface area contributed by atoms with Crippen LogP contribution in [0.5, 0.6) is 0 Å². The van der Waals surface area contributed by atoms with Gasteiger partial charge in [0.15, 0.2) is 12.2 Å². The number of anilines is 1. The summed E-state index contributed by atoms with van der Waals surface area (Å²) in [5.74, 6) is -0.786. The van der Waals surface area contributed by atoms with Crippen LogP contribution in [0.25, 0.3) is 10.9 Å². The number of benzene rings is 1. The van der Waals surface area contributed by atoms with E-state index in [-0.39, 0.29) is 25.9 Å². The molecule has 1 aromatic carbocycles. The van der Waals surface area contributed by atoms with Crippen molar-refractivity contribution in [3.63, 3.8) is 0 Å². The van der Waals surface area contributed by atoms with E-state index in [9.17, 15) is 23.2 Å². The van der Waals surface area contributed by atoms with Crippen LogP contribution >= 0.6 is 0 Å². The van der Waals surface area contributed by atoms with Crippen LogP contribution in [0.3, 0.4) is 0 Å². The molecule has 1 N–H and O–H groups in total. The number of likely N-dealkylation sites (tertiary alicyclic amines) is 1. The Balaban J connectivity index is 1.56. The number of carbonyl (C=O) groups excluding carboxylic acids is 1. The fourth-order valence-electron chi connectivity index (χ4n) is 4.36. The number of hydrogen-bond acceptors (Lipinski definition) is 6. The van der Waals surface area contributed by atoms with Crippen LogP contribution in [0.1, 0.15) is 18.4 Å². The second kappa shape index (κ2) is 9.35. The summed E-state index contributed by atoms with van der Waals surface area (Å²) in [6.07, 6.45) is -6.39. The van der Waals surface area contributed by atoms with Crippen molar-refractivity contribution >= 4 is 22.5 Å². The van der Waals surface area contributed by atoms with Crippen molar-refractivity contribution in [3.05, 3.63) is 36.0 Å². The largest absolute Gasteiger partial charge is 0.416 e. The number of fused-ring (bicyclic) bond motifs is 1. The number of aromatic nitrogens is 1. The van der Waals surface area contributed by atoms with Gasteiger partial charge in [0.2, 0.25) is 0 Å². The van der Waals surface area contributed by atoms with Crippen LogP contribution in [0, 0.1) is 11.3 Å². The first-order chi connectivity index (χ1) is 16.1. The average molecular weight is 479 g/mol. The number of alkyl halides is 4. The maximum absolute atomic E-state index is 15.0. The number of hydrogen-bond donors (Lipinski definition) is 1. The minimum atomic E-state index is -4.70. The Kier molecular flexibility index (Phi) is 6.64. The third-order valence-electron chi connectivity index (χ3n) is 6.43. The molecule has 2 aliphatic heterocycles. The van der Waals surface area contributed by atoms with Gasteiger partial charge in [0.05, 0.1) is 30.7 Å². The molecule has 1 amide bonds. The smallest absolute Gasteiger partial charge is 0.365 e. The van der Waals surface area contributed by atoms with Crippen molar-refractivity contribution in [3.8, 4) is 6.07 Å². The number of nitrogens with one attached hydrogen (secondary N) is 1. The molecule has 0 radical (unpaired) electrons. The highest BCUT2D eigenvalue weighted by molar-refractivity contribution is 5.95. The zero-order chi connectivity index (χ0) is 24.5. The Morgan fingerprint density at radius 2 is 2.03 bits per heavy atom. The van der Waals surface area contributed by atoms with Crippen molar-refractivity contribution in [1.82, 2.24) is 15.2 Å². The molecular formula is C23H25F4N5O2. The number of carbonyl (C=O) groups is 1. The molecule has 34 heavy (non-hydrogen) atoms. The van der Waals surface area contributed by atoms with E-state index in [4.69, 9.17) is 4.74 Å². The fraction of sp³-hybridized carbons (Fsp3) is 0.522. The number of pyridine rings is 1. The number of nitrogens with zero attached hydrogens (tertiary/aromatic N) is 4. The molecule has 2 fully saturated rings. The molecular weight excluding hydrogens is 454 g/mol. The van der Waals surface area contributed by atoms with Gasteiger partial charge in [-0.05, 0) is 44.2 Å². The zero-order valence-corrected chi connectivity index (χ0v) is 18.6. The van der Waals surface area contributed by atoms with Gasteiger partial charge in [-0.1, -0.05) is 0 Å². The van der Waals surface area contributed by atoms with E-state index in [2.05, 4.69) is 10.3 Å². The topological polar surface area (TPSA) is 81.5 Å². The summed E-state index contributed by atoms with van der Waals surface area (Å²) in [5, 5.41) is 12.3.